The fourth-order valence-electron chi connectivity index (χ4n) is 0.380. The average molecular weight is 151 g/mol. The van der Waals surface area contributed by atoms with Crippen molar-refractivity contribution in [2.24, 2.45) is 0 Å². The number of hydrogen-bond acceptors (Lipinski definition) is 1. The molecule has 0 aliphatic carbocycles. The van der Waals surface area contributed by atoms with Gasteiger partial charge in [-0.3, -0.25) is 4.81 Å². The van der Waals surface area contributed by atoms with E-state index in [4.69, 9.17) is 7.98 Å². The molecule has 0 aliphatic rings. The van der Waals surface area contributed by atoms with E-state index in [-0.39, 0.29) is 4.81 Å². The summed E-state index contributed by atoms with van der Waals surface area (Å²) in [6, 6.07) is 0. The molecular weight excluding hydrogens is 142 g/mol. The molecule has 0 unspecified atom stereocenters. The number of nitrogens with zero attached hydrogens (tertiary/aromatic N) is 1. The lowest BCUT2D eigenvalue weighted by Crippen LogP contribution is -2.48. The molecule has 2 radical (unpaired) electrons. The fourth-order valence-corrected chi connectivity index (χ4v) is 0.380. The van der Waals surface area contributed by atoms with Crippen molar-refractivity contribution in [2.75, 3.05) is 0 Å². The van der Waals surface area contributed by atoms with Crippen molar-refractivity contribution in [1.82, 2.24) is 4.81 Å². The van der Waals surface area contributed by atoms with Crippen molar-refractivity contribution in [1.29, 1.82) is 0 Å². The summed E-state index contributed by atoms with van der Waals surface area (Å²) in [7, 11) is 4.74. The molecular formula is C5H9BF3N. The molecule has 0 aromatic rings. The highest BCUT2D eigenvalue weighted by atomic mass is 19.4. The van der Waals surface area contributed by atoms with Crippen LogP contribution >= 0.6 is 0 Å². The molecule has 58 valence electrons. The van der Waals surface area contributed by atoms with Gasteiger partial charge >= 0.3 is 6.30 Å². The third-order valence-corrected chi connectivity index (χ3v) is 0.996. The van der Waals surface area contributed by atoms with Crippen LogP contribution in [0.4, 0.5) is 13.2 Å². The minimum Gasteiger partial charge on any atom is -0.263 e. The summed E-state index contributed by atoms with van der Waals surface area (Å²) < 4.78 is 35.2. The number of halogens is 3. The quantitative estimate of drug-likeness (QED) is 0.376. The van der Waals surface area contributed by atoms with Gasteiger partial charge in [0, 0.05) is 5.54 Å². The van der Waals surface area contributed by atoms with Crippen LogP contribution in [-0.2, 0) is 0 Å². The van der Waals surface area contributed by atoms with Gasteiger partial charge < -0.3 is 0 Å². The Morgan fingerprint density at radius 2 is 1.40 bits per heavy atom. The van der Waals surface area contributed by atoms with E-state index in [1.807, 2.05) is 0 Å². The van der Waals surface area contributed by atoms with Gasteiger partial charge in [0.05, 0.1) is 0 Å². The molecule has 1 nitrogen and oxygen atoms in total. The minimum atomic E-state index is -4.45. The van der Waals surface area contributed by atoms with Crippen molar-refractivity contribution in [3.63, 3.8) is 0 Å². The minimum absolute atomic E-state index is 0.125. The molecule has 0 bridgehead atoms. The largest absolute Gasteiger partial charge is 0.448 e. The second-order valence-electron chi connectivity index (χ2n) is 3.01. The molecule has 0 aromatic heterocycles. The summed E-state index contributed by atoms with van der Waals surface area (Å²) in [6.45, 7) is 4.17. The predicted molar refractivity (Wildman–Crippen MR) is 33.4 cm³/mol. The topological polar surface area (TPSA) is 3.24 Å². The van der Waals surface area contributed by atoms with E-state index in [1.165, 1.54) is 20.8 Å². The molecule has 0 fully saturated rings. The van der Waals surface area contributed by atoms with Crippen molar-refractivity contribution in [2.45, 2.75) is 32.6 Å². The number of rotatable bonds is 0. The van der Waals surface area contributed by atoms with Crippen molar-refractivity contribution < 1.29 is 13.2 Å². The molecule has 0 aromatic carbocycles. The summed E-state index contributed by atoms with van der Waals surface area (Å²) >= 11 is 0. The second kappa shape index (κ2) is 2.45. The molecule has 0 saturated heterocycles. The zero-order valence-electron chi connectivity index (χ0n) is 6.16. The summed E-state index contributed by atoms with van der Waals surface area (Å²) in [5, 5.41) is 0. The average Bonchev–Trinajstić information content (AvgIpc) is 1.59. The Hall–Kier alpha value is -0.185. The van der Waals surface area contributed by atoms with Gasteiger partial charge in [-0.25, -0.2) is 0 Å². The normalized spacial score (nSPS) is 14.3. The van der Waals surface area contributed by atoms with Crippen LogP contribution in [0.2, 0.25) is 0 Å². The van der Waals surface area contributed by atoms with Crippen LogP contribution in [0.3, 0.4) is 0 Å². The van der Waals surface area contributed by atoms with Crippen molar-refractivity contribution in [3.8, 4) is 0 Å². The van der Waals surface area contributed by atoms with E-state index in [1.54, 1.807) is 0 Å². The van der Waals surface area contributed by atoms with E-state index in [9.17, 15) is 13.2 Å². The summed E-state index contributed by atoms with van der Waals surface area (Å²) in [5.74, 6) is 0. The zero-order chi connectivity index (χ0) is 8.58. The highest BCUT2D eigenvalue weighted by Crippen LogP contribution is 2.26. The van der Waals surface area contributed by atoms with E-state index in [2.05, 4.69) is 0 Å². The molecule has 0 aliphatic heterocycles. The van der Waals surface area contributed by atoms with Crippen LogP contribution in [0.1, 0.15) is 20.8 Å². The van der Waals surface area contributed by atoms with Gasteiger partial charge in [0.15, 0.2) is 7.98 Å². The Labute approximate surface area is 59.6 Å². The highest BCUT2D eigenvalue weighted by molar-refractivity contribution is 6.05. The van der Waals surface area contributed by atoms with E-state index < -0.39 is 11.8 Å². The third-order valence-electron chi connectivity index (χ3n) is 0.996. The van der Waals surface area contributed by atoms with Crippen LogP contribution in [-0.4, -0.2) is 24.6 Å². The molecule has 0 spiro atoms. The summed E-state index contributed by atoms with van der Waals surface area (Å²) in [5.41, 5.74) is -1.07. The summed E-state index contributed by atoms with van der Waals surface area (Å²) in [6.07, 6.45) is -4.45. The van der Waals surface area contributed by atoms with Crippen LogP contribution in [0.25, 0.3) is 0 Å². The van der Waals surface area contributed by atoms with Crippen molar-refractivity contribution in [3.05, 3.63) is 0 Å². The van der Waals surface area contributed by atoms with E-state index in [0.717, 1.165) is 0 Å². The molecule has 0 N–H and O–H groups in total. The molecule has 0 rings (SSSR count). The SMILES string of the molecule is [B]N(C(C)(C)C)C(F)(F)F. The van der Waals surface area contributed by atoms with E-state index in [0.29, 0.717) is 0 Å². The standard InChI is InChI=1S/C5H9BF3N/c1-4(2,3)10(6)5(7,8)9/h1-3H3. The van der Waals surface area contributed by atoms with Gasteiger partial charge in [-0.15, -0.1) is 0 Å². The molecule has 10 heavy (non-hydrogen) atoms. The molecule has 0 amide bonds. The highest BCUT2D eigenvalue weighted by Gasteiger charge is 2.39. The molecule has 0 heterocycles. The number of hydrogen-bond donors (Lipinski definition) is 0. The van der Waals surface area contributed by atoms with Gasteiger partial charge in [-0.1, -0.05) is 0 Å². The van der Waals surface area contributed by atoms with Crippen LogP contribution in [0.5, 0.6) is 0 Å². The Morgan fingerprint density at radius 1 is 1.10 bits per heavy atom. The van der Waals surface area contributed by atoms with Crippen LogP contribution < -0.4 is 0 Å². The first-order chi connectivity index (χ1) is 4.15. The maximum Gasteiger partial charge on any atom is 0.448 e. The third kappa shape index (κ3) is 2.60. The zero-order valence-corrected chi connectivity index (χ0v) is 6.16. The van der Waals surface area contributed by atoms with Crippen LogP contribution in [0.15, 0.2) is 0 Å². The fraction of sp³-hybridized carbons (Fsp3) is 1.00. The maximum absolute atomic E-state index is 11.7. The Balaban J connectivity index is 4.23. The first-order valence-corrected chi connectivity index (χ1v) is 2.77. The lowest BCUT2D eigenvalue weighted by Gasteiger charge is -2.33. The monoisotopic (exact) mass is 151 g/mol. The molecule has 0 atom stereocenters. The van der Waals surface area contributed by atoms with Crippen molar-refractivity contribution >= 4 is 7.98 Å². The van der Waals surface area contributed by atoms with Gasteiger partial charge in [-0.2, -0.15) is 13.2 Å². The second-order valence-corrected chi connectivity index (χ2v) is 3.01. The van der Waals surface area contributed by atoms with Gasteiger partial charge in [0.1, 0.15) is 0 Å². The lowest BCUT2D eigenvalue weighted by molar-refractivity contribution is -0.232. The van der Waals surface area contributed by atoms with Crippen LogP contribution in [0, 0.1) is 0 Å². The molecule has 0 saturated carbocycles. The van der Waals surface area contributed by atoms with Gasteiger partial charge in [-0.05, 0) is 20.8 Å². The first-order valence-electron chi connectivity index (χ1n) is 2.77. The maximum atomic E-state index is 11.7. The Morgan fingerprint density at radius 3 is 1.40 bits per heavy atom. The Bertz CT molecular complexity index is 101. The molecule has 5 heteroatoms. The predicted octanol–water partition coefficient (Wildman–Crippen LogP) is 1.69. The first kappa shape index (κ1) is 9.81. The van der Waals surface area contributed by atoms with E-state index >= 15 is 0 Å². The smallest absolute Gasteiger partial charge is 0.263 e. The summed E-state index contributed by atoms with van der Waals surface area (Å²) in [4.78, 5) is -0.125. The number of alkyl halides is 3. The lowest BCUT2D eigenvalue weighted by atomic mass is 10.0. The van der Waals surface area contributed by atoms with Gasteiger partial charge in [0.2, 0.25) is 0 Å². The Kier molecular flexibility index (Phi) is 2.41. The van der Waals surface area contributed by atoms with Gasteiger partial charge in [0.25, 0.3) is 0 Å².